The molecular weight excluding hydrogens is 288 g/mol. The molecule has 11 atom stereocenters. The van der Waals surface area contributed by atoms with Crippen molar-refractivity contribution in [1.29, 1.82) is 0 Å². The van der Waals surface area contributed by atoms with Crippen LogP contribution in [0.2, 0.25) is 0 Å². The summed E-state index contributed by atoms with van der Waals surface area (Å²) < 4.78 is 0. The molecule has 140 valence electrons. The predicted molar refractivity (Wildman–Crippen MR) is 106 cm³/mol. The highest BCUT2D eigenvalue weighted by molar-refractivity contribution is 4.99. The molecule has 0 bridgehead atoms. The van der Waals surface area contributed by atoms with Crippen molar-refractivity contribution in [3.05, 3.63) is 0 Å². The molecule has 24 heavy (non-hydrogen) atoms. The number of hydrogen-bond donors (Lipinski definition) is 0. The Morgan fingerprint density at radius 2 is 1.38 bits per heavy atom. The fourth-order valence-corrected chi connectivity index (χ4v) is 7.41. The fraction of sp³-hybridized carbons (Fsp3) is 1.00. The van der Waals surface area contributed by atoms with Gasteiger partial charge < -0.3 is 0 Å². The lowest BCUT2D eigenvalue weighted by atomic mass is 9.54. The molecule has 0 aromatic heterocycles. The minimum atomic E-state index is 0.971. The van der Waals surface area contributed by atoms with Crippen LogP contribution in [0.4, 0.5) is 0 Å². The second-order valence-corrected chi connectivity index (χ2v) is 10.5. The molecule has 3 aliphatic carbocycles. The van der Waals surface area contributed by atoms with Crippen molar-refractivity contribution < 1.29 is 0 Å². The van der Waals surface area contributed by atoms with Gasteiger partial charge in [0.2, 0.25) is 0 Å². The molecule has 3 fully saturated rings. The van der Waals surface area contributed by atoms with Crippen LogP contribution in [0.15, 0.2) is 0 Å². The van der Waals surface area contributed by atoms with Gasteiger partial charge in [0.15, 0.2) is 0 Å². The van der Waals surface area contributed by atoms with E-state index >= 15 is 0 Å². The smallest absolute Gasteiger partial charge is 0.0329 e. The Morgan fingerprint density at radius 3 is 1.88 bits per heavy atom. The van der Waals surface area contributed by atoms with Crippen LogP contribution in [-0.4, -0.2) is 0 Å². The Morgan fingerprint density at radius 1 is 0.750 bits per heavy atom. The third kappa shape index (κ3) is 3.33. The topological polar surface area (TPSA) is 0 Å². The van der Waals surface area contributed by atoms with E-state index in [2.05, 4.69) is 48.5 Å². The summed E-state index contributed by atoms with van der Waals surface area (Å²) >= 11 is 0. The summed E-state index contributed by atoms with van der Waals surface area (Å²) in [6.07, 6.45) is 8.91. The van der Waals surface area contributed by atoms with E-state index in [4.69, 9.17) is 0 Å². The van der Waals surface area contributed by atoms with Crippen LogP contribution in [0.5, 0.6) is 0 Å². The van der Waals surface area contributed by atoms with Gasteiger partial charge in [-0.25, -0.2) is 0 Å². The zero-order chi connectivity index (χ0) is 17.6. The van der Waals surface area contributed by atoms with Crippen molar-refractivity contribution in [2.45, 2.75) is 87.0 Å². The first-order chi connectivity index (χ1) is 11.4. The lowest BCUT2D eigenvalue weighted by Crippen LogP contribution is -2.43. The fourth-order valence-electron chi connectivity index (χ4n) is 7.41. The average Bonchev–Trinajstić information content (AvgIpc) is 3.22. The van der Waals surface area contributed by atoms with Gasteiger partial charge in [-0.1, -0.05) is 61.3 Å². The molecule has 0 saturated heterocycles. The lowest BCUT2D eigenvalue weighted by Gasteiger charge is -2.51. The molecule has 0 nitrogen and oxygen atoms in total. The van der Waals surface area contributed by atoms with Crippen molar-refractivity contribution in [3.63, 3.8) is 0 Å². The van der Waals surface area contributed by atoms with Gasteiger partial charge in [-0.3, -0.25) is 0 Å². The molecule has 3 saturated carbocycles. The van der Waals surface area contributed by atoms with Gasteiger partial charge in [-0.05, 0) is 90.8 Å². The monoisotopic (exact) mass is 332 g/mol. The van der Waals surface area contributed by atoms with E-state index in [1.54, 1.807) is 0 Å². The van der Waals surface area contributed by atoms with E-state index in [1.165, 1.54) is 38.5 Å². The van der Waals surface area contributed by atoms with Crippen molar-refractivity contribution in [1.82, 2.24) is 0 Å². The predicted octanol–water partition coefficient (Wildman–Crippen LogP) is 7.29. The summed E-state index contributed by atoms with van der Waals surface area (Å²) in [6.45, 7) is 17.5. The number of rotatable bonds is 8. The maximum Gasteiger partial charge on any atom is -0.0329 e. The summed E-state index contributed by atoms with van der Waals surface area (Å²) in [5.41, 5.74) is 0. The van der Waals surface area contributed by atoms with Gasteiger partial charge in [0.05, 0.1) is 0 Å². The zero-order valence-electron chi connectivity index (χ0n) is 17.6. The van der Waals surface area contributed by atoms with Gasteiger partial charge in [0, 0.05) is 0 Å². The van der Waals surface area contributed by atoms with E-state index in [9.17, 15) is 0 Å². The maximum absolute atomic E-state index is 2.60. The van der Waals surface area contributed by atoms with E-state index in [1.807, 2.05) is 0 Å². The molecular formula is C24H44. The molecule has 0 radical (unpaired) electrons. The van der Waals surface area contributed by atoms with E-state index in [-0.39, 0.29) is 0 Å². The van der Waals surface area contributed by atoms with Crippen molar-refractivity contribution in [3.8, 4) is 0 Å². The second kappa shape index (κ2) is 7.32. The van der Waals surface area contributed by atoms with Crippen LogP contribution >= 0.6 is 0 Å². The lowest BCUT2D eigenvalue weighted by molar-refractivity contribution is -0.0157. The van der Waals surface area contributed by atoms with Crippen LogP contribution in [0.25, 0.3) is 0 Å². The molecule has 0 spiro atoms. The Kier molecular flexibility index (Phi) is 5.73. The van der Waals surface area contributed by atoms with Crippen molar-refractivity contribution in [2.24, 2.45) is 65.1 Å². The Bertz CT molecular complexity index is 412. The standard InChI is InChI=1S/C24H44/c1-8-19-10-14(3)21(19)11-15(4)22-12-16(5)23(22)13-17(6)24-18(7)20(24)9-2/h14-24H,8-13H2,1-7H3. The van der Waals surface area contributed by atoms with E-state index in [0.717, 1.165) is 65.1 Å². The van der Waals surface area contributed by atoms with Crippen molar-refractivity contribution >= 4 is 0 Å². The van der Waals surface area contributed by atoms with Crippen LogP contribution in [0.3, 0.4) is 0 Å². The maximum atomic E-state index is 2.60. The van der Waals surface area contributed by atoms with Crippen LogP contribution in [0.1, 0.15) is 87.0 Å². The molecule has 11 unspecified atom stereocenters. The van der Waals surface area contributed by atoms with Gasteiger partial charge >= 0.3 is 0 Å². The SMILES string of the molecule is CCC1CC(C)C1CC(C)C1CC(C)C1CC(C)C1C(C)C1CC. The molecule has 3 aliphatic rings. The molecule has 3 rings (SSSR count). The molecule has 0 aliphatic heterocycles. The summed E-state index contributed by atoms with van der Waals surface area (Å²) in [4.78, 5) is 0. The summed E-state index contributed by atoms with van der Waals surface area (Å²) in [7, 11) is 0. The van der Waals surface area contributed by atoms with E-state index < -0.39 is 0 Å². The average molecular weight is 333 g/mol. The third-order valence-electron chi connectivity index (χ3n) is 9.24. The minimum absolute atomic E-state index is 0.971. The molecule has 0 heteroatoms. The van der Waals surface area contributed by atoms with Crippen molar-refractivity contribution in [2.75, 3.05) is 0 Å². The third-order valence-corrected chi connectivity index (χ3v) is 9.24. The van der Waals surface area contributed by atoms with Crippen LogP contribution in [0, 0.1) is 65.1 Å². The molecule has 0 amide bonds. The van der Waals surface area contributed by atoms with Gasteiger partial charge in [0.1, 0.15) is 0 Å². The quantitative estimate of drug-likeness (QED) is 0.438. The van der Waals surface area contributed by atoms with Crippen LogP contribution in [-0.2, 0) is 0 Å². The highest BCUT2D eigenvalue weighted by atomic mass is 14.6. The van der Waals surface area contributed by atoms with Gasteiger partial charge in [-0.2, -0.15) is 0 Å². The molecule has 0 aromatic carbocycles. The Labute approximate surface area is 152 Å². The first-order valence-corrected chi connectivity index (χ1v) is 11.4. The highest BCUT2D eigenvalue weighted by Crippen LogP contribution is 2.57. The zero-order valence-corrected chi connectivity index (χ0v) is 17.6. The summed E-state index contributed by atoms with van der Waals surface area (Å²) in [5.74, 6) is 11.2. The molecule has 0 aromatic rings. The summed E-state index contributed by atoms with van der Waals surface area (Å²) in [6, 6.07) is 0. The van der Waals surface area contributed by atoms with Gasteiger partial charge in [0.25, 0.3) is 0 Å². The normalized spacial score (nSPS) is 49.9. The minimum Gasteiger partial charge on any atom is -0.0651 e. The largest absolute Gasteiger partial charge is 0.0651 e. The number of hydrogen-bond acceptors (Lipinski definition) is 0. The Balaban J connectivity index is 1.51. The van der Waals surface area contributed by atoms with Crippen LogP contribution < -0.4 is 0 Å². The van der Waals surface area contributed by atoms with E-state index in [0.29, 0.717) is 0 Å². The molecule has 0 heterocycles. The Hall–Kier alpha value is 0. The summed E-state index contributed by atoms with van der Waals surface area (Å²) in [5, 5.41) is 0. The first-order valence-electron chi connectivity index (χ1n) is 11.4. The highest BCUT2D eigenvalue weighted by Gasteiger charge is 2.50. The first kappa shape index (κ1) is 18.8. The second-order valence-electron chi connectivity index (χ2n) is 10.5. The van der Waals surface area contributed by atoms with Gasteiger partial charge in [-0.15, -0.1) is 0 Å². The molecule has 0 N–H and O–H groups in total.